The lowest BCUT2D eigenvalue weighted by atomic mass is 9.77. The predicted molar refractivity (Wildman–Crippen MR) is 73.2 cm³/mol. The molecule has 0 aromatic heterocycles. The molecule has 1 aromatic carbocycles. The summed E-state index contributed by atoms with van der Waals surface area (Å²) in [4.78, 5) is 12.5. The average Bonchev–Trinajstić information content (AvgIpc) is 2.45. The van der Waals surface area contributed by atoms with Crippen LogP contribution in [0.3, 0.4) is 0 Å². The quantitative estimate of drug-likeness (QED) is 0.733. The van der Waals surface area contributed by atoms with Gasteiger partial charge in [-0.2, -0.15) is 0 Å². The van der Waals surface area contributed by atoms with E-state index < -0.39 is 12.1 Å². The maximum atomic E-state index is 12.5. The number of ketones is 1. The van der Waals surface area contributed by atoms with Gasteiger partial charge in [0.25, 0.3) is 0 Å². The number of benzene rings is 1. The molecule has 2 nitrogen and oxygen atoms in total. The fraction of sp³-hybridized carbons (Fsp3) is 0.562. The van der Waals surface area contributed by atoms with E-state index in [9.17, 15) is 18.0 Å². The van der Waals surface area contributed by atoms with Gasteiger partial charge < -0.3 is 4.74 Å². The predicted octanol–water partition coefficient (Wildman–Crippen LogP) is 4.98. The largest absolute Gasteiger partial charge is 0.573 e. The second-order valence-corrected chi connectivity index (χ2v) is 5.55. The summed E-state index contributed by atoms with van der Waals surface area (Å²) in [6, 6.07) is 5.62. The Morgan fingerprint density at radius 2 is 2.00 bits per heavy atom. The number of alkyl halides is 3. The van der Waals surface area contributed by atoms with E-state index in [2.05, 4.69) is 11.7 Å². The van der Waals surface area contributed by atoms with E-state index in [4.69, 9.17) is 0 Å². The van der Waals surface area contributed by atoms with Crippen molar-refractivity contribution in [1.29, 1.82) is 0 Å². The van der Waals surface area contributed by atoms with Crippen LogP contribution in [-0.4, -0.2) is 12.1 Å². The van der Waals surface area contributed by atoms with E-state index >= 15 is 0 Å². The lowest BCUT2D eigenvalue weighted by Gasteiger charge is -2.27. The minimum Gasteiger partial charge on any atom is -0.405 e. The molecular weight excluding hydrogens is 281 g/mol. The van der Waals surface area contributed by atoms with E-state index in [1.54, 1.807) is 6.07 Å². The Labute approximate surface area is 122 Å². The SMILES string of the molecule is CCC1CCCC(C(=O)c2ccccc2OC(F)(F)F)C1. The second-order valence-electron chi connectivity index (χ2n) is 5.55. The normalized spacial score (nSPS) is 22.9. The first kappa shape index (κ1) is 15.9. The number of rotatable bonds is 4. The van der Waals surface area contributed by atoms with Crippen LogP contribution in [0.2, 0.25) is 0 Å². The molecule has 1 saturated carbocycles. The molecule has 0 spiro atoms. The maximum Gasteiger partial charge on any atom is 0.573 e. The van der Waals surface area contributed by atoms with Crippen LogP contribution in [0.1, 0.15) is 49.4 Å². The van der Waals surface area contributed by atoms with Crippen LogP contribution >= 0.6 is 0 Å². The van der Waals surface area contributed by atoms with E-state index in [0.29, 0.717) is 5.92 Å². The van der Waals surface area contributed by atoms with Gasteiger partial charge in [0.1, 0.15) is 5.75 Å². The van der Waals surface area contributed by atoms with Gasteiger partial charge in [-0.1, -0.05) is 38.3 Å². The molecule has 0 radical (unpaired) electrons. The summed E-state index contributed by atoms with van der Waals surface area (Å²) >= 11 is 0. The van der Waals surface area contributed by atoms with Crippen LogP contribution in [0.5, 0.6) is 5.75 Å². The lowest BCUT2D eigenvalue weighted by molar-refractivity contribution is -0.274. The average molecular weight is 300 g/mol. The summed E-state index contributed by atoms with van der Waals surface area (Å²) < 4.78 is 41.2. The number of hydrogen-bond donors (Lipinski definition) is 0. The van der Waals surface area contributed by atoms with Crippen LogP contribution < -0.4 is 4.74 Å². The molecule has 0 bridgehead atoms. The van der Waals surface area contributed by atoms with Crippen molar-refractivity contribution >= 4 is 5.78 Å². The molecule has 0 heterocycles. The summed E-state index contributed by atoms with van der Waals surface area (Å²) in [6.07, 6.45) is -0.219. The monoisotopic (exact) mass is 300 g/mol. The van der Waals surface area contributed by atoms with Crippen molar-refractivity contribution < 1.29 is 22.7 Å². The summed E-state index contributed by atoms with van der Waals surface area (Å²) in [5.74, 6) is -0.327. The van der Waals surface area contributed by atoms with Crippen molar-refractivity contribution in [2.24, 2.45) is 11.8 Å². The first-order chi connectivity index (χ1) is 9.90. The summed E-state index contributed by atoms with van der Waals surface area (Å²) in [7, 11) is 0. The molecule has 116 valence electrons. The number of Topliss-reactive ketones (excluding diaryl/α,β-unsaturated/α-hetero) is 1. The molecule has 0 aliphatic heterocycles. The van der Waals surface area contributed by atoms with Crippen LogP contribution in [-0.2, 0) is 0 Å². The maximum absolute atomic E-state index is 12.5. The Morgan fingerprint density at radius 3 is 2.67 bits per heavy atom. The molecule has 5 heteroatoms. The highest BCUT2D eigenvalue weighted by Crippen LogP contribution is 2.35. The molecule has 0 amide bonds. The van der Waals surface area contributed by atoms with Gasteiger partial charge in [0.05, 0.1) is 5.56 Å². The Bertz CT molecular complexity index is 497. The molecular formula is C16H19F3O2. The van der Waals surface area contributed by atoms with Crippen molar-refractivity contribution in [1.82, 2.24) is 0 Å². The zero-order valence-corrected chi connectivity index (χ0v) is 12.0. The molecule has 2 unspecified atom stereocenters. The smallest absolute Gasteiger partial charge is 0.405 e. The van der Waals surface area contributed by atoms with Crippen molar-refractivity contribution in [2.45, 2.75) is 45.4 Å². The Morgan fingerprint density at radius 1 is 1.29 bits per heavy atom. The number of hydrogen-bond acceptors (Lipinski definition) is 2. The molecule has 1 fully saturated rings. The lowest BCUT2D eigenvalue weighted by Crippen LogP contribution is -2.25. The summed E-state index contributed by atoms with van der Waals surface area (Å²) in [5, 5.41) is 0. The molecule has 2 rings (SSSR count). The molecule has 1 aliphatic rings. The van der Waals surface area contributed by atoms with Crippen molar-refractivity contribution in [3.8, 4) is 5.75 Å². The van der Waals surface area contributed by atoms with Gasteiger partial charge in [-0.3, -0.25) is 4.79 Å². The molecule has 1 aliphatic carbocycles. The fourth-order valence-electron chi connectivity index (χ4n) is 3.00. The van der Waals surface area contributed by atoms with E-state index in [0.717, 1.165) is 32.1 Å². The highest BCUT2D eigenvalue weighted by molar-refractivity contribution is 6.00. The van der Waals surface area contributed by atoms with E-state index in [1.165, 1.54) is 18.2 Å². The van der Waals surface area contributed by atoms with Gasteiger partial charge in [0.2, 0.25) is 0 Å². The van der Waals surface area contributed by atoms with Gasteiger partial charge in [0, 0.05) is 5.92 Å². The summed E-state index contributed by atoms with van der Waals surface area (Å²) in [6.45, 7) is 2.08. The Hall–Kier alpha value is -1.52. The number of carbonyl (C=O) groups is 1. The molecule has 0 N–H and O–H groups in total. The van der Waals surface area contributed by atoms with Crippen LogP contribution in [0.25, 0.3) is 0 Å². The topological polar surface area (TPSA) is 26.3 Å². The van der Waals surface area contributed by atoms with E-state index in [-0.39, 0.29) is 17.3 Å². The van der Waals surface area contributed by atoms with Gasteiger partial charge in [-0.05, 0) is 30.9 Å². The number of carbonyl (C=O) groups excluding carboxylic acids is 1. The van der Waals surface area contributed by atoms with Gasteiger partial charge in [0.15, 0.2) is 5.78 Å². The van der Waals surface area contributed by atoms with E-state index in [1.807, 2.05) is 0 Å². The number of halogens is 3. The molecule has 2 atom stereocenters. The zero-order chi connectivity index (χ0) is 15.5. The first-order valence-electron chi connectivity index (χ1n) is 7.29. The first-order valence-corrected chi connectivity index (χ1v) is 7.29. The third-order valence-corrected chi connectivity index (χ3v) is 4.11. The molecule has 0 saturated heterocycles. The van der Waals surface area contributed by atoms with Crippen LogP contribution in [0, 0.1) is 11.8 Å². The van der Waals surface area contributed by atoms with Gasteiger partial charge in [-0.15, -0.1) is 13.2 Å². The van der Waals surface area contributed by atoms with Gasteiger partial charge in [-0.25, -0.2) is 0 Å². The zero-order valence-electron chi connectivity index (χ0n) is 12.0. The third kappa shape index (κ3) is 4.22. The standard InChI is InChI=1S/C16H19F3O2/c1-2-11-6-5-7-12(10-11)15(20)13-8-3-4-9-14(13)21-16(17,18)19/h3-4,8-9,11-12H,2,5-7,10H2,1H3. The number of ether oxygens (including phenoxy) is 1. The Kier molecular flexibility index (Phi) is 4.91. The highest BCUT2D eigenvalue weighted by Gasteiger charge is 2.34. The van der Waals surface area contributed by atoms with Crippen molar-refractivity contribution in [3.63, 3.8) is 0 Å². The van der Waals surface area contributed by atoms with Gasteiger partial charge >= 0.3 is 6.36 Å². The highest BCUT2D eigenvalue weighted by atomic mass is 19.4. The minimum atomic E-state index is -4.78. The van der Waals surface area contributed by atoms with Crippen molar-refractivity contribution in [3.05, 3.63) is 29.8 Å². The summed E-state index contributed by atoms with van der Waals surface area (Å²) in [5.41, 5.74) is 0.0385. The van der Waals surface area contributed by atoms with Crippen molar-refractivity contribution in [2.75, 3.05) is 0 Å². The van der Waals surface area contributed by atoms with Crippen LogP contribution in [0.4, 0.5) is 13.2 Å². The third-order valence-electron chi connectivity index (χ3n) is 4.11. The molecule has 1 aromatic rings. The van der Waals surface area contributed by atoms with Crippen LogP contribution in [0.15, 0.2) is 24.3 Å². The fourth-order valence-corrected chi connectivity index (χ4v) is 3.00. The number of para-hydroxylation sites is 1. The second kappa shape index (κ2) is 6.50. The molecule has 21 heavy (non-hydrogen) atoms. The Balaban J connectivity index is 2.19. The minimum absolute atomic E-state index is 0.0385.